The first kappa shape index (κ1) is 11.9. The van der Waals surface area contributed by atoms with E-state index in [4.69, 9.17) is 9.84 Å². The van der Waals surface area contributed by atoms with Gasteiger partial charge in [0.15, 0.2) is 0 Å². The van der Waals surface area contributed by atoms with E-state index in [-0.39, 0.29) is 6.42 Å². The fourth-order valence-electron chi connectivity index (χ4n) is 1.70. The highest BCUT2D eigenvalue weighted by molar-refractivity contribution is 4.91. The summed E-state index contributed by atoms with van der Waals surface area (Å²) in [5.41, 5.74) is -2.02. The summed E-state index contributed by atoms with van der Waals surface area (Å²) in [5.74, 6) is -1.16. The van der Waals surface area contributed by atoms with Gasteiger partial charge >= 0.3 is 5.69 Å². The Morgan fingerprint density at radius 1 is 1.59 bits per heavy atom. The van der Waals surface area contributed by atoms with Gasteiger partial charge < -0.3 is 9.84 Å². The van der Waals surface area contributed by atoms with Gasteiger partial charge in [-0.15, -0.1) is 0 Å². The zero-order chi connectivity index (χ0) is 12.6. The Hall–Kier alpha value is -1.54. The number of ether oxygens (including phenoxy) is 1. The third kappa shape index (κ3) is 2.13. The van der Waals surface area contributed by atoms with Crippen molar-refractivity contribution in [2.45, 2.75) is 24.9 Å². The maximum atomic E-state index is 13.3. The van der Waals surface area contributed by atoms with Crippen LogP contribution in [0, 0.1) is 5.82 Å². The highest BCUT2D eigenvalue weighted by atomic mass is 19.1. The van der Waals surface area contributed by atoms with Crippen LogP contribution < -0.4 is 11.2 Å². The summed E-state index contributed by atoms with van der Waals surface area (Å²) in [5, 5.41) is 8.78. The first-order valence-corrected chi connectivity index (χ1v) is 4.94. The third-order valence-electron chi connectivity index (χ3n) is 2.58. The van der Waals surface area contributed by atoms with E-state index in [9.17, 15) is 18.4 Å². The minimum Gasteiger partial charge on any atom is -0.394 e. The lowest BCUT2D eigenvalue weighted by Gasteiger charge is -2.13. The number of H-pyrrole nitrogens is 1. The number of aromatic nitrogens is 2. The summed E-state index contributed by atoms with van der Waals surface area (Å²) in [6.45, 7) is -0.530. The molecule has 0 bridgehead atoms. The van der Waals surface area contributed by atoms with Crippen molar-refractivity contribution < 1.29 is 18.6 Å². The lowest BCUT2D eigenvalue weighted by Crippen LogP contribution is -2.34. The van der Waals surface area contributed by atoms with Crippen LogP contribution in [0.25, 0.3) is 0 Å². The van der Waals surface area contributed by atoms with Crippen LogP contribution in [0.2, 0.25) is 0 Å². The molecule has 1 aliphatic heterocycles. The van der Waals surface area contributed by atoms with Crippen molar-refractivity contribution in [2.75, 3.05) is 6.61 Å². The highest BCUT2D eigenvalue weighted by Crippen LogP contribution is 2.29. The molecule has 17 heavy (non-hydrogen) atoms. The average Bonchev–Trinajstić information content (AvgIpc) is 2.65. The molecule has 94 valence electrons. The normalized spacial score (nSPS) is 28.5. The van der Waals surface area contributed by atoms with Crippen molar-refractivity contribution in [3.8, 4) is 0 Å². The van der Waals surface area contributed by atoms with Crippen molar-refractivity contribution in [1.29, 1.82) is 0 Å². The van der Waals surface area contributed by atoms with E-state index in [1.54, 1.807) is 4.98 Å². The Morgan fingerprint density at radius 2 is 2.29 bits per heavy atom. The van der Waals surface area contributed by atoms with E-state index in [1.807, 2.05) is 0 Å². The second-order valence-corrected chi connectivity index (χ2v) is 3.71. The molecule has 0 amide bonds. The van der Waals surface area contributed by atoms with E-state index < -0.39 is 42.2 Å². The van der Waals surface area contributed by atoms with E-state index in [2.05, 4.69) is 0 Å². The second kappa shape index (κ2) is 4.38. The number of hydrogen-bond acceptors (Lipinski definition) is 4. The molecule has 0 spiro atoms. The van der Waals surface area contributed by atoms with Gasteiger partial charge in [-0.1, -0.05) is 0 Å². The van der Waals surface area contributed by atoms with Gasteiger partial charge in [0.25, 0.3) is 5.56 Å². The van der Waals surface area contributed by atoms with Crippen LogP contribution in [0.15, 0.2) is 15.8 Å². The predicted octanol–water partition coefficient (Wildman–Crippen LogP) is -0.706. The van der Waals surface area contributed by atoms with Gasteiger partial charge in [0.2, 0.25) is 5.82 Å². The molecular formula is C9H10F2N2O4. The van der Waals surface area contributed by atoms with Gasteiger partial charge in [-0.3, -0.25) is 14.3 Å². The van der Waals surface area contributed by atoms with Gasteiger partial charge in [-0.2, -0.15) is 4.39 Å². The second-order valence-electron chi connectivity index (χ2n) is 3.71. The number of aromatic amines is 1. The first-order valence-electron chi connectivity index (χ1n) is 4.94. The average molecular weight is 248 g/mol. The largest absolute Gasteiger partial charge is 0.394 e. The van der Waals surface area contributed by atoms with Crippen molar-refractivity contribution in [1.82, 2.24) is 9.55 Å². The zero-order valence-corrected chi connectivity index (χ0v) is 8.60. The standard InChI is InChI=1S/C9H10F2N2O4/c10-4-1-7(17-6(4)3-14)13-2-5(11)8(15)12-9(13)16/h2,4,6-7,14H,1,3H2,(H,12,15,16)/t4-,6-,7-/m1/s1. The maximum absolute atomic E-state index is 13.3. The molecule has 0 aliphatic carbocycles. The fraction of sp³-hybridized carbons (Fsp3) is 0.556. The summed E-state index contributed by atoms with van der Waals surface area (Å²) in [7, 11) is 0. The minimum absolute atomic E-state index is 0.184. The van der Waals surface area contributed by atoms with Gasteiger partial charge in [-0.05, 0) is 0 Å². The molecule has 0 saturated carbocycles. The number of nitrogens with zero attached hydrogens (tertiary/aromatic N) is 1. The summed E-state index contributed by atoms with van der Waals surface area (Å²) in [6.07, 6.45) is -3.02. The summed E-state index contributed by atoms with van der Waals surface area (Å²) >= 11 is 0. The topological polar surface area (TPSA) is 84.3 Å². The predicted molar refractivity (Wildman–Crippen MR) is 51.8 cm³/mol. The maximum Gasteiger partial charge on any atom is 0.330 e. The third-order valence-corrected chi connectivity index (χ3v) is 2.58. The molecule has 0 aromatic carbocycles. The molecule has 2 N–H and O–H groups in total. The molecule has 1 fully saturated rings. The molecule has 1 aromatic rings. The Balaban J connectivity index is 2.34. The summed E-state index contributed by atoms with van der Waals surface area (Å²) in [4.78, 5) is 23.9. The Kier molecular flexibility index (Phi) is 3.07. The van der Waals surface area contributed by atoms with Crippen LogP contribution in [0.5, 0.6) is 0 Å². The van der Waals surface area contributed by atoms with Crippen LogP contribution in [-0.4, -0.2) is 33.5 Å². The van der Waals surface area contributed by atoms with Crippen molar-refractivity contribution in [2.24, 2.45) is 0 Å². The molecule has 3 atom stereocenters. The van der Waals surface area contributed by atoms with Crippen LogP contribution in [-0.2, 0) is 4.74 Å². The molecule has 1 saturated heterocycles. The number of nitrogens with one attached hydrogen (secondary N) is 1. The smallest absolute Gasteiger partial charge is 0.330 e. The monoisotopic (exact) mass is 248 g/mol. The molecule has 1 aromatic heterocycles. The van der Waals surface area contributed by atoms with Crippen LogP contribution in [0.1, 0.15) is 12.6 Å². The lowest BCUT2D eigenvalue weighted by molar-refractivity contribution is -0.0359. The van der Waals surface area contributed by atoms with Gasteiger partial charge in [0.05, 0.1) is 12.8 Å². The molecule has 0 radical (unpaired) electrons. The number of rotatable bonds is 2. The zero-order valence-electron chi connectivity index (χ0n) is 8.60. The lowest BCUT2D eigenvalue weighted by atomic mass is 10.2. The molecular weight excluding hydrogens is 238 g/mol. The number of aliphatic hydroxyl groups is 1. The van der Waals surface area contributed by atoms with E-state index in [1.165, 1.54) is 0 Å². The Morgan fingerprint density at radius 3 is 2.88 bits per heavy atom. The Labute approximate surface area is 93.5 Å². The van der Waals surface area contributed by atoms with Gasteiger partial charge in [-0.25, -0.2) is 9.18 Å². The molecule has 0 unspecified atom stereocenters. The first-order chi connectivity index (χ1) is 8.02. The van der Waals surface area contributed by atoms with Crippen LogP contribution in [0.3, 0.4) is 0 Å². The van der Waals surface area contributed by atoms with E-state index in [0.717, 1.165) is 4.57 Å². The molecule has 6 nitrogen and oxygen atoms in total. The molecule has 1 aliphatic rings. The van der Waals surface area contributed by atoms with Crippen LogP contribution >= 0.6 is 0 Å². The van der Waals surface area contributed by atoms with E-state index >= 15 is 0 Å². The van der Waals surface area contributed by atoms with Crippen LogP contribution in [0.4, 0.5) is 8.78 Å². The van der Waals surface area contributed by atoms with Crippen molar-refractivity contribution >= 4 is 0 Å². The SMILES string of the molecule is O=c1[nH]c(=O)n([C@H]2C[C@@H](F)[C@@H](CO)O2)cc1F. The molecule has 2 rings (SSSR count). The minimum atomic E-state index is -1.44. The van der Waals surface area contributed by atoms with E-state index in [0.29, 0.717) is 6.20 Å². The fourth-order valence-corrected chi connectivity index (χ4v) is 1.70. The number of aliphatic hydroxyl groups excluding tert-OH is 1. The van der Waals surface area contributed by atoms with Crippen molar-refractivity contribution in [3.63, 3.8) is 0 Å². The summed E-state index contributed by atoms with van der Waals surface area (Å²) in [6, 6.07) is 0. The quantitative estimate of drug-likeness (QED) is 0.724. The number of hydrogen-bond donors (Lipinski definition) is 2. The van der Waals surface area contributed by atoms with Gasteiger partial charge in [0.1, 0.15) is 18.5 Å². The molecule has 8 heteroatoms. The van der Waals surface area contributed by atoms with Crippen molar-refractivity contribution in [3.05, 3.63) is 32.9 Å². The summed E-state index contributed by atoms with van der Waals surface area (Å²) < 4.78 is 32.1. The number of alkyl halides is 1. The van der Waals surface area contributed by atoms with Gasteiger partial charge in [0, 0.05) is 6.42 Å². The number of halogens is 2. The molecule has 2 heterocycles. The Bertz CT molecular complexity index is 526. The highest BCUT2D eigenvalue weighted by Gasteiger charge is 2.36.